The zero-order valence-electron chi connectivity index (χ0n) is 11.7. The number of likely N-dealkylation sites (tertiary alicyclic amines) is 2. The fraction of sp³-hybridized carbons (Fsp3) is 0.562. The summed E-state index contributed by atoms with van der Waals surface area (Å²) in [6.07, 6.45) is 4.84. The van der Waals surface area contributed by atoms with Crippen molar-refractivity contribution in [2.45, 2.75) is 31.7 Å². The van der Waals surface area contributed by atoms with Gasteiger partial charge in [-0.1, -0.05) is 17.7 Å². The molecule has 0 aromatic heterocycles. The van der Waals surface area contributed by atoms with E-state index in [2.05, 4.69) is 4.90 Å². The lowest BCUT2D eigenvalue weighted by Crippen LogP contribution is -2.42. The van der Waals surface area contributed by atoms with Crippen molar-refractivity contribution in [3.63, 3.8) is 0 Å². The summed E-state index contributed by atoms with van der Waals surface area (Å²) in [7, 11) is 0. The summed E-state index contributed by atoms with van der Waals surface area (Å²) in [6.45, 7) is 4.29. The van der Waals surface area contributed by atoms with E-state index in [0.29, 0.717) is 16.6 Å². The van der Waals surface area contributed by atoms with Crippen LogP contribution in [-0.2, 0) is 0 Å². The van der Waals surface area contributed by atoms with Crippen LogP contribution in [0.25, 0.3) is 0 Å². The van der Waals surface area contributed by atoms with Crippen LogP contribution in [0.5, 0.6) is 0 Å². The molecule has 2 saturated heterocycles. The number of benzene rings is 1. The van der Waals surface area contributed by atoms with Gasteiger partial charge in [-0.25, -0.2) is 0 Å². The van der Waals surface area contributed by atoms with Gasteiger partial charge in [0, 0.05) is 29.7 Å². The van der Waals surface area contributed by atoms with E-state index < -0.39 is 0 Å². The molecule has 1 amide bonds. The second-order valence-corrected chi connectivity index (χ2v) is 6.25. The van der Waals surface area contributed by atoms with Crippen LogP contribution in [0.4, 0.5) is 0 Å². The highest BCUT2D eigenvalue weighted by Gasteiger charge is 2.31. The molecule has 1 aromatic carbocycles. The molecule has 0 N–H and O–H groups in total. The van der Waals surface area contributed by atoms with Crippen LogP contribution >= 0.6 is 11.6 Å². The summed E-state index contributed by atoms with van der Waals surface area (Å²) in [5.74, 6) is 0.134. The van der Waals surface area contributed by atoms with Gasteiger partial charge in [-0.15, -0.1) is 0 Å². The van der Waals surface area contributed by atoms with Gasteiger partial charge in [-0.3, -0.25) is 4.79 Å². The van der Waals surface area contributed by atoms with Gasteiger partial charge in [0.1, 0.15) is 0 Å². The summed E-state index contributed by atoms with van der Waals surface area (Å²) >= 11 is 5.99. The number of carbonyl (C=O) groups excluding carboxylic acids is 1. The minimum atomic E-state index is 0.134. The van der Waals surface area contributed by atoms with Crippen LogP contribution in [0.2, 0.25) is 5.02 Å². The van der Waals surface area contributed by atoms with E-state index in [0.717, 1.165) is 25.9 Å². The van der Waals surface area contributed by atoms with Gasteiger partial charge < -0.3 is 9.80 Å². The molecule has 2 fully saturated rings. The van der Waals surface area contributed by atoms with E-state index in [1.165, 1.54) is 25.9 Å². The van der Waals surface area contributed by atoms with E-state index in [1.54, 1.807) is 6.07 Å². The summed E-state index contributed by atoms with van der Waals surface area (Å²) in [5, 5.41) is 0.631. The summed E-state index contributed by atoms with van der Waals surface area (Å²) in [5.41, 5.74) is 0.714. The van der Waals surface area contributed by atoms with Crippen molar-refractivity contribution in [2.24, 2.45) is 0 Å². The molecule has 0 bridgehead atoms. The number of halogens is 1. The van der Waals surface area contributed by atoms with Gasteiger partial charge in [-0.2, -0.15) is 0 Å². The normalized spacial score (nSPS) is 23.4. The number of nitrogens with zero attached hydrogens (tertiary/aromatic N) is 2. The summed E-state index contributed by atoms with van der Waals surface area (Å²) in [4.78, 5) is 17.2. The van der Waals surface area contributed by atoms with Crippen LogP contribution in [0.3, 0.4) is 0 Å². The standard InChI is InChI=1S/C16H21ClN2O/c17-14-6-3-5-13(11-14)16(20)19-10-4-7-15(19)12-18-8-1-2-9-18/h3,5-6,11,15H,1-2,4,7-10,12H2. The molecule has 20 heavy (non-hydrogen) atoms. The third kappa shape index (κ3) is 2.99. The number of hydrogen-bond donors (Lipinski definition) is 0. The van der Waals surface area contributed by atoms with E-state index in [9.17, 15) is 4.79 Å². The van der Waals surface area contributed by atoms with Crippen LogP contribution in [0, 0.1) is 0 Å². The monoisotopic (exact) mass is 292 g/mol. The highest BCUT2D eigenvalue weighted by atomic mass is 35.5. The highest BCUT2D eigenvalue weighted by molar-refractivity contribution is 6.30. The van der Waals surface area contributed by atoms with E-state index in [-0.39, 0.29) is 5.91 Å². The number of carbonyl (C=O) groups is 1. The number of hydrogen-bond acceptors (Lipinski definition) is 2. The Labute approximate surface area is 125 Å². The summed E-state index contributed by atoms with van der Waals surface area (Å²) < 4.78 is 0. The zero-order valence-corrected chi connectivity index (χ0v) is 12.5. The van der Waals surface area contributed by atoms with Crippen molar-refractivity contribution in [1.29, 1.82) is 0 Å². The predicted octanol–water partition coefficient (Wildman–Crippen LogP) is 3.04. The average Bonchev–Trinajstić information content (AvgIpc) is 3.10. The van der Waals surface area contributed by atoms with Crippen molar-refractivity contribution < 1.29 is 4.79 Å². The molecule has 3 nitrogen and oxygen atoms in total. The Balaban J connectivity index is 1.69. The first-order valence-corrected chi connectivity index (χ1v) is 7.91. The molecule has 1 atom stereocenters. The first-order chi connectivity index (χ1) is 9.74. The quantitative estimate of drug-likeness (QED) is 0.855. The molecule has 0 spiro atoms. The van der Waals surface area contributed by atoms with Gasteiger partial charge in [0.05, 0.1) is 0 Å². The molecular formula is C16H21ClN2O. The molecule has 2 aliphatic heterocycles. The number of rotatable bonds is 3. The van der Waals surface area contributed by atoms with Crippen molar-refractivity contribution in [2.75, 3.05) is 26.2 Å². The van der Waals surface area contributed by atoms with Gasteiger partial charge in [-0.05, 0) is 57.0 Å². The van der Waals surface area contributed by atoms with Gasteiger partial charge in [0.15, 0.2) is 0 Å². The fourth-order valence-corrected chi connectivity index (χ4v) is 3.53. The van der Waals surface area contributed by atoms with Crippen LogP contribution in [0.15, 0.2) is 24.3 Å². The number of amides is 1. The lowest BCUT2D eigenvalue weighted by Gasteiger charge is -2.28. The zero-order chi connectivity index (χ0) is 13.9. The van der Waals surface area contributed by atoms with E-state index in [1.807, 2.05) is 23.1 Å². The molecular weight excluding hydrogens is 272 g/mol. The molecule has 1 aromatic rings. The molecule has 3 rings (SSSR count). The predicted molar refractivity (Wildman–Crippen MR) is 81.2 cm³/mol. The molecule has 108 valence electrons. The van der Waals surface area contributed by atoms with Crippen LogP contribution < -0.4 is 0 Å². The summed E-state index contributed by atoms with van der Waals surface area (Å²) in [6, 6.07) is 7.67. The molecule has 0 saturated carbocycles. The maximum absolute atomic E-state index is 12.6. The topological polar surface area (TPSA) is 23.6 Å². The highest BCUT2D eigenvalue weighted by Crippen LogP contribution is 2.23. The van der Waals surface area contributed by atoms with Crippen molar-refractivity contribution in [3.05, 3.63) is 34.9 Å². The van der Waals surface area contributed by atoms with Crippen molar-refractivity contribution >= 4 is 17.5 Å². The molecule has 2 heterocycles. The maximum Gasteiger partial charge on any atom is 0.254 e. The Morgan fingerprint density at radius 3 is 2.75 bits per heavy atom. The minimum absolute atomic E-state index is 0.134. The van der Waals surface area contributed by atoms with Crippen LogP contribution in [-0.4, -0.2) is 47.9 Å². The molecule has 0 aliphatic carbocycles. The molecule has 4 heteroatoms. The Bertz CT molecular complexity index is 485. The first-order valence-electron chi connectivity index (χ1n) is 7.53. The third-order valence-corrected chi connectivity index (χ3v) is 4.61. The van der Waals surface area contributed by atoms with Gasteiger partial charge in [0.25, 0.3) is 5.91 Å². The minimum Gasteiger partial charge on any atom is -0.334 e. The second-order valence-electron chi connectivity index (χ2n) is 5.81. The Morgan fingerprint density at radius 2 is 2.00 bits per heavy atom. The largest absolute Gasteiger partial charge is 0.334 e. The van der Waals surface area contributed by atoms with Crippen molar-refractivity contribution in [1.82, 2.24) is 9.80 Å². The lowest BCUT2D eigenvalue weighted by molar-refractivity contribution is 0.0709. The fourth-order valence-electron chi connectivity index (χ4n) is 3.34. The van der Waals surface area contributed by atoms with Gasteiger partial charge >= 0.3 is 0 Å². The average molecular weight is 293 g/mol. The molecule has 1 unspecified atom stereocenters. The first kappa shape index (κ1) is 13.9. The smallest absolute Gasteiger partial charge is 0.254 e. The third-order valence-electron chi connectivity index (χ3n) is 4.38. The van der Waals surface area contributed by atoms with E-state index >= 15 is 0 Å². The maximum atomic E-state index is 12.6. The van der Waals surface area contributed by atoms with E-state index in [4.69, 9.17) is 11.6 Å². The Morgan fingerprint density at radius 1 is 1.20 bits per heavy atom. The SMILES string of the molecule is O=C(c1cccc(Cl)c1)N1CCCC1CN1CCCC1. The Kier molecular flexibility index (Phi) is 4.27. The Hall–Kier alpha value is -1.06. The van der Waals surface area contributed by atoms with Gasteiger partial charge in [0.2, 0.25) is 0 Å². The molecule has 0 radical (unpaired) electrons. The second kappa shape index (κ2) is 6.15. The molecule has 2 aliphatic rings. The lowest BCUT2D eigenvalue weighted by atomic mass is 10.1. The van der Waals surface area contributed by atoms with Crippen LogP contribution in [0.1, 0.15) is 36.0 Å². The van der Waals surface area contributed by atoms with Crippen molar-refractivity contribution in [3.8, 4) is 0 Å².